The lowest BCUT2D eigenvalue weighted by atomic mass is 10.1. The summed E-state index contributed by atoms with van der Waals surface area (Å²) in [6.07, 6.45) is -3.35. The molecule has 1 aliphatic rings. The van der Waals surface area contributed by atoms with Crippen molar-refractivity contribution >= 4 is 23.5 Å². The molecule has 1 aromatic heterocycles. The number of carbonyl (C=O) groups is 3. The first-order valence-electron chi connectivity index (χ1n) is 9.42. The Morgan fingerprint density at radius 2 is 1.84 bits per heavy atom. The average molecular weight is 443 g/mol. The van der Waals surface area contributed by atoms with E-state index in [1.165, 1.54) is 30.5 Å². The topological polar surface area (TPSA) is 96.3 Å². The zero-order valence-electron chi connectivity index (χ0n) is 16.4. The van der Waals surface area contributed by atoms with Crippen LogP contribution in [0.1, 0.15) is 21.6 Å². The lowest BCUT2D eigenvalue weighted by Crippen LogP contribution is -2.30. The first-order valence-corrected chi connectivity index (χ1v) is 9.42. The number of aromatic nitrogens is 2. The maximum absolute atomic E-state index is 12.7. The number of anilines is 1. The van der Waals surface area contributed by atoms with Crippen LogP contribution < -0.4 is 10.6 Å². The van der Waals surface area contributed by atoms with E-state index in [2.05, 4.69) is 15.7 Å². The van der Waals surface area contributed by atoms with Gasteiger partial charge in [-0.3, -0.25) is 14.5 Å². The summed E-state index contributed by atoms with van der Waals surface area (Å²) in [7, 11) is 0. The summed E-state index contributed by atoms with van der Waals surface area (Å²) in [4.78, 5) is 37.0. The summed E-state index contributed by atoms with van der Waals surface area (Å²) in [6.45, 7) is 0.0359. The number of nitrogens with one attached hydrogen (secondary N) is 2. The molecule has 11 heteroatoms. The third-order valence-corrected chi connectivity index (χ3v) is 4.74. The maximum Gasteiger partial charge on any atom is 0.435 e. The molecule has 0 unspecified atom stereocenters. The molecule has 2 heterocycles. The Hall–Kier alpha value is -4.15. The second-order valence-electron chi connectivity index (χ2n) is 6.98. The zero-order chi connectivity index (χ0) is 22.9. The van der Waals surface area contributed by atoms with E-state index in [1.807, 2.05) is 0 Å². The van der Waals surface area contributed by atoms with Crippen molar-refractivity contribution in [2.24, 2.45) is 0 Å². The number of carbonyl (C=O) groups excluding carboxylic acids is 3. The van der Waals surface area contributed by atoms with Crippen LogP contribution in [0.25, 0.3) is 5.69 Å². The average Bonchev–Trinajstić information content (AvgIpc) is 3.37. The Bertz CT molecular complexity index is 1170. The van der Waals surface area contributed by atoms with Crippen LogP contribution >= 0.6 is 0 Å². The highest BCUT2D eigenvalue weighted by Gasteiger charge is 2.33. The van der Waals surface area contributed by atoms with E-state index in [-0.39, 0.29) is 24.6 Å². The van der Waals surface area contributed by atoms with E-state index in [9.17, 15) is 27.6 Å². The Balaban J connectivity index is 1.43. The summed E-state index contributed by atoms with van der Waals surface area (Å²) in [5.41, 5.74) is 0.768. The van der Waals surface area contributed by atoms with Gasteiger partial charge in [-0.05, 0) is 48.0 Å². The van der Waals surface area contributed by atoms with Gasteiger partial charge in [0, 0.05) is 17.4 Å². The molecule has 2 aromatic carbocycles. The van der Waals surface area contributed by atoms with Gasteiger partial charge in [-0.1, -0.05) is 12.1 Å². The molecule has 0 aliphatic carbocycles. The number of benzene rings is 2. The van der Waals surface area contributed by atoms with Gasteiger partial charge < -0.3 is 10.6 Å². The normalized spacial score (nSPS) is 13.9. The molecule has 4 rings (SSSR count). The molecular formula is C21H16F3N5O3. The summed E-state index contributed by atoms with van der Waals surface area (Å²) in [5.74, 6) is -0.760. The highest BCUT2D eigenvalue weighted by atomic mass is 19.4. The number of imide groups is 1. The van der Waals surface area contributed by atoms with Crippen LogP contribution in [-0.2, 0) is 17.5 Å². The molecule has 0 radical (unpaired) electrons. The van der Waals surface area contributed by atoms with Gasteiger partial charge in [-0.15, -0.1) is 0 Å². The Kier molecular flexibility index (Phi) is 5.39. The van der Waals surface area contributed by atoms with Crippen LogP contribution in [0.4, 0.5) is 23.7 Å². The van der Waals surface area contributed by atoms with Gasteiger partial charge >= 0.3 is 12.2 Å². The third-order valence-electron chi connectivity index (χ3n) is 4.74. The molecule has 0 atom stereocenters. The van der Waals surface area contributed by atoms with Crippen LogP contribution in [-0.4, -0.2) is 39.1 Å². The molecular weight excluding hydrogens is 427 g/mol. The number of hydrogen-bond donors (Lipinski definition) is 2. The van der Waals surface area contributed by atoms with Crippen molar-refractivity contribution in [2.45, 2.75) is 12.7 Å². The minimum atomic E-state index is -4.54. The van der Waals surface area contributed by atoms with Crippen molar-refractivity contribution in [2.75, 3.05) is 11.9 Å². The minimum Gasteiger partial charge on any atom is -0.329 e. The first kappa shape index (κ1) is 21.1. The van der Waals surface area contributed by atoms with Crippen molar-refractivity contribution in [3.8, 4) is 5.69 Å². The van der Waals surface area contributed by atoms with Crippen molar-refractivity contribution in [1.29, 1.82) is 0 Å². The lowest BCUT2D eigenvalue weighted by Gasteiger charge is -2.13. The van der Waals surface area contributed by atoms with Crippen LogP contribution in [0, 0.1) is 0 Å². The fourth-order valence-electron chi connectivity index (χ4n) is 3.13. The highest BCUT2D eigenvalue weighted by Crippen LogP contribution is 2.28. The SMILES string of the molecule is O=C(Nc1cccc(CN2C(=O)CNC2=O)c1)c1ccc(-n2ccc(C(F)(F)F)n2)cc1. The Morgan fingerprint density at radius 1 is 1.09 bits per heavy atom. The lowest BCUT2D eigenvalue weighted by molar-refractivity contribution is -0.141. The first-order chi connectivity index (χ1) is 15.2. The fourth-order valence-corrected chi connectivity index (χ4v) is 3.13. The predicted octanol–water partition coefficient (Wildman–Crippen LogP) is 3.20. The van der Waals surface area contributed by atoms with Gasteiger partial charge in [0.1, 0.15) is 0 Å². The molecule has 1 fully saturated rings. The van der Waals surface area contributed by atoms with Gasteiger partial charge in [-0.25, -0.2) is 9.48 Å². The molecule has 4 amide bonds. The molecule has 8 nitrogen and oxygen atoms in total. The number of hydrogen-bond acceptors (Lipinski definition) is 4. The summed E-state index contributed by atoms with van der Waals surface area (Å²) >= 11 is 0. The molecule has 0 spiro atoms. The van der Waals surface area contributed by atoms with Crippen molar-refractivity contribution in [3.05, 3.63) is 77.6 Å². The Labute approximate surface area is 179 Å². The third kappa shape index (κ3) is 4.46. The van der Waals surface area contributed by atoms with E-state index in [0.717, 1.165) is 15.6 Å². The molecule has 1 saturated heterocycles. The summed E-state index contributed by atoms with van der Waals surface area (Å²) in [5, 5.41) is 8.65. The largest absolute Gasteiger partial charge is 0.435 e. The number of nitrogens with zero attached hydrogens (tertiary/aromatic N) is 3. The second kappa shape index (κ2) is 8.17. The molecule has 3 aromatic rings. The van der Waals surface area contributed by atoms with Gasteiger partial charge in [0.2, 0.25) is 5.91 Å². The van der Waals surface area contributed by atoms with Crippen LogP contribution in [0.15, 0.2) is 60.8 Å². The quantitative estimate of drug-likeness (QED) is 0.592. The Morgan fingerprint density at radius 3 is 2.47 bits per heavy atom. The molecule has 0 saturated carbocycles. The number of rotatable bonds is 5. The van der Waals surface area contributed by atoms with E-state index in [1.54, 1.807) is 24.3 Å². The molecule has 1 aliphatic heterocycles. The molecule has 2 N–H and O–H groups in total. The van der Waals surface area contributed by atoms with E-state index >= 15 is 0 Å². The van der Waals surface area contributed by atoms with Gasteiger partial charge in [0.05, 0.1) is 18.8 Å². The van der Waals surface area contributed by atoms with E-state index in [0.29, 0.717) is 16.9 Å². The number of amides is 4. The maximum atomic E-state index is 12.7. The summed E-state index contributed by atoms with van der Waals surface area (Å²) < 4.78 is 39.2. The summed E-state index contributed by atoms with van der Waals surface area (Å²) in [6, 6.07) is 13.0. The highest BCUT2D eigenvalue weighted by molar-refractivity contribution is 6.04. The standard InChI is InChI=1S/C21H16F3N5O3/c22-21(23,24)17-8-9-29(27-17)16-6-4-14(5-7-16)19(31)26-15-3-1-2-13(10-15)12-28-18(30)11-25-20(28)32/h1-10H,11-12H2,(H,25,32)(H,26,31). The van der Waals surface area contributed by atoms with E-state index < -0.39 is 23.8 Å². The number of halogens is 3. The van der Waals surface area contributed by atoms with Gasteiger partial charge in [0.15, 0.2) is 5.69 Å². The smallest absolute Gasteiger partial charge is 0.329 e. The van der Waals surface area contributed by atoms with Crippen LogP contribution in [0.5, 0.6) is 0 Å². The van der Waals surface area contributed by atoms with E-state index in [4.69, 9.17) is 0 Å². The zero-order valence-corrected chi connectivity index (χ0v) is 16.4. The predicted molar refractivity (Wildman–Crippen MR) is 107 cm³/mol. The van der Waals surface area contributed by atoms with Crippen LogP contribution in [0.2, 0.25) is 0 Å². The van der Waals surface area contributed by atoms with Crippen molar-refractivity contribution in [1.82, 2.24) is 20.0 Å². The van der Waals surface area contributed by atoms with Crippen molar-refractivity contribution in [3.63, 3.8) is 0 Å². The van der Waals surface area contributed by atoms with Gasteiger partial charge in [-0.2, -0.15) is 18.3 Å². The number of urea groups is 1. The van der Waals surface area contributed by atoms with Crippen molar-refractivity contribution < 1.29 is 27.6 Å². The molecule has 164 valence electrons. The molecule has 0 bridgehead atoms. The minimum absolute atomic E-state index is 0.0404. The van der Waals surface area contributed by atoms with Gasteiger partial charge in [0.25, 0.3) is 5.91 Å². The number of alkyl halides is 3. The van der Waals surface area contributed by atoms with Crippen LogP contribution in [0.3, 0.4) is 0 Å². The fraction of sp³-hybridized carbons (Fsp3) is 0.143. The second-order valence-corrected chi connectivity index (χ2v) is 6.98. The monoisotopic (exact) mass is 443 g/mol. The molecule has 32 heavy (non-hydrogen) atoms.